The van der Waals surface area contributed by atoms with Crippen LogP contribution < -0.4 is 9.47 Å². The number of fused-ring (bicyclic) bond motifs is 3. The maximum Gasteiger partial charge on any atom is 0.182 e. The van der Waals surface area contributed by atoms with Crippen molar-refractivity contribution in [2.45, 2.75) is 25.9 Å². The van der Waals surface area contributed by atoms with Gasteiger partial charge in [-0.05, 0) is 50.1 Å². The predicted molar refractivity (Wildman–Crippen MR) is 84.1 cm³/mol. The molecule has 0 spiro atoms. The monoisotopic (exact) mass is 302 g/mol. The van der Waals surface area contributed by atoms with Crippen LogP contribution in [-0.2, 0) is 0 Å². The lowest BCUT2D eigenvalue weighted by Gasteiger charge is -2.05. The molecule has 0 unspecified atom stereocenters. The lowest BCUT2D eigenvalue weighted by Crippen LogP contribution is -1.97. The molecule has 1 aromatic heterocycles. The van der Waals surface area contributed by atoms with Gasteiger partial charge in [-0.3, -0.25) is 0 Å². The van der Waals surface area contributed by atoms with E-state index in [0.29, 0.717) is 17.1 Å². The van der Waals surface area contributed by atoms with Gasteiger partial charge in [-0.1, -0.05) is 0 Å². The first kappa shape index (κ1) is 12.9. The Labute approximate surface area is 126 Å². The smallest absolute Gasteiger partial charge is 0.182 e. The largest absolute Gasteiger partial charge is 0.494 e. The molecule has 1 heterocycles. The fourth-order valence-corrected chi connectivity index (χ4v) is 3.64. The number of ether oxygens (including phenoxy) is 2. The summed E-state index contributed by atoms with van der Waals surface area (Å²) in [4.78, 5) is 0. The molecule has 0 bridgehead atoms. The van der Waals surface area contributed by atoms with E-state index < -0.39 is 0 Å². The van der Waals surface area contributed by atoms with Crippen molar-refractivity contribution in [3.05, 3.63) is 36.1 Å². The molecular formula is C17H15FO2S. The molecule has 1 aliphatic rings. The summed E-state index contributed by atoms with van der Waals surface area (Å²) >= 11 is 1.45. The standard InChI is InChI=1S/C17H15FO2S/c1-2-19-11-5-6-12-13-7-8-14(20-10-3-4-10)16(18)17(13)21-15(12)9-11/h5-10H,2-4H2,1H3. The first-order chi connectivity index (χ1) is 10.3. The van der Waals surface area contributed by atoms with E-state index in [-0.39, 0.29) is 11.9 Å². The Bertz CT molecular complexity index is 820. The summed E-state index contributed by atoms with van der Waals surface area (Å²) in [6.45, 7) is 2.58. The number of hydrogen-bond acceptors (Lipinski definition) is 3. The summed E-state index contributed by atoms with van der Waals surface area (Å²) in [6, 6.07) is 9.61. The SMILES string of the molecule is CCOc1ccc2c(c1)sc1c(F)c(OC3CC3)ccc12. The van der Waals surface area contributed by atoms with E-state index in [1.165, 1.54) is 11.3 Å². The summed E-state index contributed by atoms with van der Waals surface area (Å²) in [7, 11) is 0. The van der Waals surface area contributed by atoms with Gasteiger partial charge in [0.05, 0.1) is 17.4 Å². The van der Waals surface area contributed by atoms with Gasteiger partial charge < -0.3 is 9.47 Å². The van der Waals surface area contributed by atoms with Crippen LogP contribution in [0.2, 0.25) is 0 Å². The van der Waals surface area contributed by atoms with Crippen LogP contribution in [-0.4, -0.2) is 12.7 Å². The van der Waals surface area contributed by atoms with Crippen LogP contribution in [0.3, 0.4) is 0 Å². The van der Waals surface area contributed by atoms with Crippen molar-refractivity contribution in [1.82, 2.24) is 0 Å². The molecule has 2 aromatic carbocycles. The van der Waals surface area contributed by atoms with Gasteiger partial charge in [0.1, 0.15) is 5.75 Å². The molecule has 0 saturated heterocycles. The molecule has 3 aromatic rings. The minimum absolute atomic E-state index is 0.205. The number of rotatable bonds is 4. The van der Waals surface area contributed by atoms with E-state index in [9.17, 15) is 4.39 Å². The lowest BCUT2D eigenvalue weighted by atomic mass is 10.1. The number of benzene rings is 2. The summed E-state index contributed by atoms with van der Waals surface area (Å²) in [6.07, 6.45) is 2.26. The molecule has 0 N–H and O–H groups in total. The van der Waals surface area contributed by atoms with Crippen LogP contribution in [0.1, 0.15) is 19.8 Å². The Balaban J connectivity index is 1.86. The van der Waals surface area contributed by atoms with Crippen molar-refractivity contribution in [1.29, 1.82) is 0 Å². The van der Waals surface area contributed by atoms with Crippen molar-refractivity contribution in [2.75, 3.05) is 6.61 Å². The Morgan fingerprint density at radius 2 is 2.00 bits per heavy atom. The van der Waals surface area contributed by atoms with Crippen molar-refractivity contribution < 1.29 is 13.9 Å². The molecule has 1 saturated carbocycles. The van der Waals surface area contributed by atoms with Crippen molar-refractivity contribution in [3.8, 4) is 11.5 Å². The number of halogens is 1. The highest BCUT2D eigenvalue weighted by molar-refractivity contribution is 7.25. The van der Waals surface area contributed by atoms with Crippen LogP contribution in [0.25, 0.3) is 20.2 Å². The molecule has 21 heavy (non-hydrogen) atoms. The maximum absolute atomic E-state index is 14.6. The second-order valence-corrected chi connectivity index (χ2v) is 6.32. The van der Waals surface area contributed by atoms with Gasteiger partial charge in [0, 0.05) is 15.5 Å². The van der Waals surface area contributed by atoms with Gasteiger partial charge in [0.15, 0.2) is 11.6 Å². The highest BCUT2D eigenvalue weighted by atomic mass is 32.1. The lowest BCUT2D eigenvalue weighted by molar-refractivity contribution is 0.289. The van der Waals surface area contributed by atoms with E-state index in [2.05, 4.69) is 0 Å². The van der Waals surface area contributed by atoms with E-state index >= 15 is 0 Å². The molecule has 4 rings (SSSR count). The van der Waals surface area contributed by atoms with Crippen LogP contribution in [0.15, 0.2) is 30.3 Å². The fraction of sp³-hybridized carbons (Fsp3) is 0.294. The van der Waals surface area contributed by atoms with Gasteiger partial charge in [0.2, 0.25) is 0 Å². The summed E-state index contributed by atoms with van der Waals surface area (Å²) < 4.78 is 27.4. The third kappa shape index (κ3) is 2.23. The van der Waals surface area contributed by atoms with Gasteiger partial charge >= 0.3 is 0 Å². The van der Waals surface area contributed by atoms with Gasteiger partial charge in [-0.15, -0.1) is 11.3 Å². The first-order valence-electron chi connectivity index (χ1n) is 7.20. The fourth-order valence-electron chi connectivity index (χ4n) is 2.48. The maximum atomic E-state index is 14.6. The predicted octanol–water partition coefficient (Wildman–Crippen LogP) is 5.13. The van der Waals surface area contributed by atoms with Crippen molar-refractivity contribution in [3.63, 3.8) is 0 Å². The molecule has 108 valence electrons. The van der Waals surface area contributed by atoms with Gasteiger partial charge in [0.25, 0.3) is 0 Å². The Kier molecular flexibility index (Phi) is 3.00. The molecule has 2 nitrogen and oxygen atoms in total. The molecular weight excluding hydrogens is 287 g/mol. The number of thiophene rings is 1. The van der Waals surface area contributed by atoms with Crippen LogP contribution in [0, 0.1) is 5.82 Å². The molecule has 0 aliphatic heterocycles. The molecule has 4 heteroatoms. The van der Waals surface area contributed by atoms with Crippen LogP contribution >= 0.6 is 11.3 Å². The molecule has 0 amide bonds. The highest BCUT2D eigenvalue weighted by Gasteiger charge is 2.25. The van der Waals surface area contributed by atoms with Crippen molar-refractivity contribution >= 4 is 31.5 Å². The van der Waals surface area contributed by atoms with Crippen LogP contribution in [0.4, 0.5) is 4.39 Å². The zero-order chi connectivity index (χ0) is 14.4. The minimum atomic E-state index is -0.237. The summed E-state index contributed by atoms with van der Waals surface area (Å²) in [5, 5.41) is 2.01. The van der Waals surface area contributed by atoms with E-state index in [4.69, 9.17) is 9.47 Å². The minimum Gasteiger partial charge on any atom is -0.494 e. The Hall–Kier alpha value is -1.81. The second kappa shape index (κ2) is 4.88. The number of hydrogen-bond donors (Lipinski definition) is 0. The topological polar surface area (TPSA) is 18.5 Å². The van der Waals surface area contributed by atoms with E-state index in [0.717, 1.165) is 34.1 Å². The average molecular weight is 302 g/mol. The average Bonchev–Trinajstić information content (AvgIpc) is 3.21. The van der Waals surface area contributed by atoms with E-state index in [1.54, 1.807) is 6.07 Å². The summed E-state index contributed by atoms with van der Waals surface area (Å²) in [5.41, 5.74) is 0. The van der Waals surface area contributed by atoms with Crippen LogP contribution in [0.5, 0.6) is 11.5 Å². The Morgan fingerprint density at radius 1 is 1.19 bits per heavy atom. The Morgan fingerprint density at radius 3 is 2.76 bits per heavy atom. The van der Waals surface area contributed by atoms with Gasteiger partial charge in [-0.25, -0.2) is 4.39 Å². The zero-order valence-electron chi connectivity index (χ0n) is 11.7. The highest BCUT2D eigenvalue weighted by Crippen LogP contribution is 2.40. The molecule has 1 fully saturated rings. The molecule has 1 aliphatic carbocycles. The normalized spacial score (nSPS) is 14.8. The second-order valence-electron chi connectivity index (χ2n) is 5.26. The third-order valence-electron chi connectivity index (χ3n) is 3.65. The molecule has 0 atom stereocenters. The quantitative estimate of drug-likeness (QED) is 0.665. The molecule has 0 radical (unpaired) electrons. The van der Waals surface area contributed by atoms with E-state index in [1.807, 2.05) is 31.2 Å². The van der Waals surface area contributed by atoms with Crippen molar-refractivity contribution in [2.24, 2.45) is 0 Å². The zero-order valence-corrected chi connectivity index (χ0v) is 12.5. The summed E-state index contributed by atoms with van der Waals surface area (Å²) in [5.74, 6) is 0.964. The third-order valence-corrected chi connectivity index (χ3v) is 4.81. The van der Waals surface area contributed by atoms with Gasteiger partial charge in [-0.2, -0.15) is 0 Å². The first-order valence-corrected chi connectivity index (χ1v) is 8.02.